The SMILES string of the molecule is N#Cc1c(-c2cccc3sc4ccccc4c23)c(-c2cccc3sc4ccccc4c23)c(C#N)c(-n2c3ccc(C(F)(F)F)cc3c3cc(C(F)(F)F)ccc32)c1-n1c2ccc(C(F)(F)F)cc2c2cc(C(F)(F)F)ccc21. The van der Waals surface area contributed by atoms with Crippen molar-refractivity contribution in [1.29, 1.82) is 10.5 Å². The van der Waals surface area contributed by atoms with E-state index in [1.165, 1.54) is 31.8 Å². The lowest BCUT2D eigenvalue weighted by molar-refractivity contribution is -0.138. The summed E-state index contributed by atoms with van der Waals surface area (Å²) in [5.41, 5.74) is -6.04. The van der Waals surface area contributed by atoms with Crippen LogP contribution < -0.4 is 0 Å². The van der Waals surface area contributed by atoms with Crippen molar-refractivity contribution < 1.29 is 52.7 Å². The van der Waals surface area contributed by atoms with E-state index in [2.05, 4.69) is 12.1 Å². The molecule has 9 aromatic carbocycles. The van der Waals surface area contributed by atoms with Crippen molar-refractivity contribution in [2.75, 3.05) is 0 Å². The van der Waals surface area contributed by atoms with E-state index in [1.807, 2.05) is 60.7 Å². The average Bonchev–Trinajstić information content (AvgIpc) is 3.75. The van der Waals surface area contributed by atoms with E-state index in [0.717, 1.165) is 53.8 Å². The Hall–Kier alpha value is -8.84. The molecule has 0 aliphatic heterocycles. The second-order valence-electron chi connectivity index (χ2n) is 18.6. The zero-order valence-corrected chi connectivity index (χ0v) is 40.8. The van der Waals surface area contributed by atoms with Gasteiger partial charge in [0, 0.05) is 73.0 Å². The Morgan fingerprint density at radius 3 is 0.923 bits per heavy atom. The van der Waals surface area contributed by atoms with E-state index in [4.69, 9.17) is 0 Å². The molecule has 0 N–H and O–H groups in total. The number of fused-ring (bicyclic) bond motifs is 12. The van der Waals surface area contributed by atoms with Gasteiger partial charge in [-0.25, -0.2) is 0 Å². The molecule has 0 bridgehead atoms. The van der Waals surface area contributed by atoms with Crippen molar-refractivity contribution in [1.82, 2.24) is 9.13 Å². The van der Waals surface area contributed by atoms with Gasteiger partial charge in [0.1, 0.15) is 12.1 Å². The van der Waals surface area contributed by atoms with Gasteiger partial charge in [0.2, 0.25) is 0 Å². The van der Waals surface area contributed by atoms with E-state index >= 15 is 0 Å². The monoisotopic (exact) mass is 1090 g/mol. The van der Waals surface area contributed by atoms with Crippen molar-refractivity contribution in [3.05, 3.63) is 191 Å². The van der Waals surface area contributed by atoms with Gasteiger partial charge in [-0.05, 0) is 108 Å². The molecule has 0 atom stereocenters. The first-order valence-corrected chi connectivity index (χ1v) is 25.1. The number of nitriles is 2. The summed E-state index contributed by atoms with van der Waals surface area (Å²) in [5, 5.41) is 25.7. The second-order valence-corrected chi connectivity index (χ2v) is 20.7. The predicted octanol–water partition coefficient (Wildman–Crippen LogP) is 19.8. The summed E-state index contributed by atoms with van der Waals surface area (Å²) in [6, 6.07) is 39.7. The molecule has 0 unspecified atom stereocenters. The molecule has 0 saturated carbocycles. The molecule has 0 fully saturated rings. The van der Waals surface area contributed by atoms with E-state index in [-0.39, 0.29) is 77.2 Å². The topological polar surface area (TPSA) is 57.4 Å². The van der Waals surface area contributed by atoms with Crippen LogP contribution in [0.25, 0.3) is 118 Å². The third-order valence-corrected chi connectivity index (χ3v) is 16.6. The fourth-order valence-corrected chi connectivity index (χ4v) is 13.4. The summed E-state index contributed by atoms with van der Waals surface area (Å²) >= 11 is 2.85. The van der Waals surface area contributed by atoms with Crippen LogP contribution in [0, 0.1) is 22.7 Å². The fraction of sp³-hybridized carbons (Fsp3) is 0.0667. The molecule has 13 rings (SSSR count). The van der Waals surface area contributed by atoms with Crippen LogP contribution in [0.15, 0.2) is 158 Å². The molecule has 382 valence electrons. The van der Waals surface area contributed by atoms with Gasteiger partial charge in [0.05, 0.1) is 66.8 Å². The van der Waals surface area contributed by atoms with Crippen LogP contribution in [0.3, 0.4) is 0 Å². The molecule has 0 radical (unpaired) electrons. The van der Waals surface area contributed by atoms with Crippen LogP contribution >= 0.6 is 22.7 Å². The highest BCUT2D eigenvalue weighted by atomic mass is 32.1. The van der Waals surface area contributed by atoms with Crippen LogP contribution in [0.1, 0.15) is 33.4 Å². The minimum absolute atomic E-state index is 0.0954. The normalized spacial score (nSPS) is 12.8. The summed E-state index contributed by atoms with van der Waals surface area (Å²) in [6.45, 7) is 0. The van der Waals surface area contributed by atoms with Gasteiger partial charge >= 0.3 is 24.7 Å². The van der Waals surface area contributed by atoms with Crippen molar-refractivity contribution in [3.63, 3.8) is 0 Å². The number of halogens is 12. The Labute approximate surface area is 438 Å². The zero-order valence-electron chi connectivity index (χ0n) is 39.2. The minimum Gasteiger partial charge on any atom is -0.306 e. The molecule has 0 aliphatic rings. The van der Waals surface area contributed by atoms with Crippen LogP contribution in [-0.2, 0) is 24.7 Å². The Balaban J connectivity index is 1.34. The molecule has 4 heterocycles. The van der Waals surface area contributed by atoms with Crippen molar-refractivity contribution in [2.45, 2.75) is 24.7 Å². The largest absolute Gasteiger partial charge is 0.416 e. The summed E-state index contributed by atoms with van der Waals surface area (Å²) in [6.07, 6.45) is -20.1. The Bertz CT molecular complexity index is 4390. The summed E-state index contributed by atoms with van der Waals surface area (Å²) in [5.74, 6) is 0. The summed E-state index contributed by atoms with van der Waals surface area (Å²) in [4.78, 5) is 0. The van der Waals surface area contributed by atoms with Crippen molar-refractivity contribution in [2.24, 2.45) is 0 Å². The smallest absolute Gasteiger partial charge is 0.306 e. The van der Waals surface area contributed by atoms with Crippen LogP contribution in [0.5, 0.6) is 0 Å². The van der Waals surface area contributed by atoms with Gasteiger partial charge in [-0.1, -0.05) is 60.7 Å². The number of hydrogen-bond acceptors (Lipinski definition) is 4. The molecular formula is C60H26F12N4S2. The van der Waals surface area contributed by atoms with Gasteiger partial charge in [-0.15, -0.1) is 22.7 Å². The molecule has 4 aromatic heterocycles. The lowest BCUT2D eigenvalue weighted by atomic mass is 9.82. The van der Waals surface area contributed by atoms with E-state index in [9.17, 15) is 63.2 Å². The standard InChI is InChI=1S/C60H26F12N4S2/c61-57(62,63)29-15-19-43-37(23-29)38-24-30(58(64,65)66)16-20-44(38)75(43)55-41(27-73)53(35-9-5-13-49-51(35)33-7-1-3-11-47(33)77-49)54(36-10-6-14-50-52(36)34-8-2-4-12-48(34)78-50)42(28-74)56(55)76-45-21-17-31(59(67,68)69)25-39(45)40-26-32(60(70,71)72)18-22-46(40)76/h1-26H. The van der Waals surface area contributed by atoms with Gasteiger partial charge in [-0.2, -0.15) is 63.2 Å². The van der Waals surface area contributed by atoms with Crippen LogP contribution in [-0.4, -0.2) is 9.13 Å². The van der Waals surface area contributed by atoms with E-state index < -0.39 is 47.0 Å². The molecule has 0 amide bonds. The molecule has 0 saturated heterocycles. The van der Waals surface area contributed by atoms with Gasteiger partial charge < -0.3 is 9.13 Å². The number of nitrogens with zero attached hydrogens (tertiary/aromatic N) is 4. The quantitative estimate of drug-likeness (QED) is 0.165. The number of rotatable bonds is 4. The third-order valence-electron chi connectivity index (χ3n) is 14.3. The first kappa shape index (κ1) is 48.8. The average molecular weight is 1100 g/mol. The van der Waals surface area contributed by atoms with Crippen LogP contribution in [0.4, 0.5) is 52.7 Å². The first-order chi connectivity index (χ1) is 37.1. The molecule has 4 nitrogen and oxygen atoms in total. The number of alkyl halides is 12. The van der Waals surface area contributed by atoms with Gasteiger partial charge in [-0.3, -0.25) is 0 Å². The summed E-state index contributed by atoms with van der Waals surface area (Å²) < 4.78 is 182. The van der Waals surface area contributed by atoms with Gasteiger partial charge in [0.15, 0.2) is 0 Å². The maximum absolute atomic E-state index is 14.7. The summed E-state index contributed by atoms with van der Waals surface area (Å²) in [7, 11) is 0. The number of thiophene rings is 2. The van der Waals surface area contributed by atoms with E-state index in [0.29, 0.717) is 70.4 Å². The number of aromatic nitrogens is 2. The van der Waals surface area contributed by atoms with E-state index in [1.54, 1.807) is 24.3 Å². The lowest BCUT2D eigenvalue weighted by Gasteiger charge is -2.26. The highest BCUT2D eigenvalue weighted by Gasteiger charge is 2.39. The number of hydrogen-bond donors (Lipinski definition) is 0. The predicted molar refractivity (Wildman–Crippen MR) is 281 cm³/mol. The Morgan fingerprint density at radius 2 is 0.628 bits per heavy atom. The zero-order chi connectivity index (χ0) is 54.5. The molecule has 0 spiro atoms. The van der Waals surface area contributed by atoms with Crippen molar-refractivity contribution >= 4 is 107 Å². The molecule has 78 heavy (non-hydrogen) atoms. The highest BCUT2D eigenvalue weighted by Crippen LogP contribution is 2.54. The molecular weight excluding hydrogens is 1070 g/mol. The molecule has 13 aromatic rings. The van der Waals surface area contributed by atoms with Crippen molar-refractivity contribution in [3.8, 4) is 45.8 Å². The molecule has 0 aliphatic carbocycles. The number of benzene rings is 9. The van der Waals surface area contributed by atoms with Gasteiger partial charge in [0.25, 0.3) is 0 Å². The maximum Gasteiger partial charge on any atom is 0.416 e. The molecule has 18 heteroatoms. The third kappa shape index (κ3) is 7.26. The lowest BCUT2D eigenvalue weighted by Crippen LogP contribution is -2.12. The first-order valence-electron chi connectivity index (χ1n) is 23.5. The second kappa shape index (κ2) is 16.8. The van der Waals surface area contributed by atoms with Crippen LogP contribution in [0.2, 0.25) is 0 Å². The Morgan fingerprint density at radius 1 is 0.333 bits per heavy atom. The maximum atomic E-state index is 14.7. The Kier molecular flexibility index (Phi) is 10.5. The fourth-order valence-electron chi connectivity index (χ4n) is 11.1. The highest BCUT2D eigenvalue weighted by molar-refractivity contribution is 7.26. The minimum atomic E-state index is -5.02.